The molecule has 1 saturated heterocycles. The molecule has 27 heavy (non-hydrogen) atoms. The predicted molar refractivity (Wildman–Crippen MR) is 108 cm³/mol. The number of allylic oxidation sites excluding steroid dienone is 2. The van der Waals surface area contributed by atoms with E-state index in [1.54, 1.807) is 0 Å². The Morgan fingerprint density at radius 2 is 1.48 bits per heavy atom. The zero-order valence-corrected chi connectivity index (χ0v) is 17.5. The average Bonchev–Trinajstić information content (AvgIpc) is 2.67. The van der Waals surface area contributed by atoms with Gasteiger partial charge in [-0.3, -0.25) is 0 Å². The Morgan fingerprint density at radius 3 is 2.04 bits per heavy atom. The number of hydrogen-bond acceptors (Lipinski definition) is 1. The van der Waals surface area contributed by atoms with Crippen molar-refractivity contribution in [1.82, 2.24) is 0 Å². The molecule has 1 heterocycles. The number of alkyl halides is 2. The van der Waals surface area contributed by atoms with Gasteiger partial charge in [-0.25, -0.2) is 0 Å². The molecule has 0 unspecified atom stereocenters. The van der Waals surface area contributed by atoms with E-state index in [-0.39, 0.29) is 12.0 Å². The summed E-state index contributed by atoms with van der Waals surface area (Å²) in [6, 6.07) is 0. The first-order valence-electron chi connectivity index (χ1n) is 11.7. The summed E-state index contributed by atoms with van der Waals surface area (Å²) in [6.45, 7) is 4.31. The van der Waals surface area contributed by atoms with E-state index < -0.39 is 12.0 Å². The lowest BCUT2D eigenvalue weighted by Gasteiger charge is -2.53. The first kappa shape index (κ1) is 21.3. The molecule has 1 nitrogen and oxygen atoms in total. The van der Waals surface area contributed by atoms with Gasteiger partial charge in [-0.2, -0.15) is 8.78 Å². The number of halogens is 2. The van der Waals surface area contributed by atoms with Gasteiger partial charge in [0.2, 0.25) is 0 Å². The molecular formula is C24H40F2O. The molecule has 1 aliphatic heterocycles. The Bertz CT molecular complexity index is 459. The van der Waals surface area contributed by atoms with Crippen LogP contribution in [0.2, 0.25) is 0 Å². The molecule has 2 atom stereocenters. The first-order valence-corrected chi connectivity index (χ1v) is 11.7. The largest absolute Gasteiger partial charge is 0.361 e. The topological polar surface area (TPSA) is 9.23 Å². The predicted octanol–water partition coefficient (Wildman–Crippen LogP) is 7.75. The maximum Gasteiger partial charge on any atom is 0.361 e. The van der Waals surface area contributed by atoms with Crippen LogP contribution in [0.15, 0.2) is 12.2 Å². The van der Waals surface area contributed by atoms with E-state index in [2.05, 4.69) is 26.0 Å². The summed E-state index contributed by atoms with van der Waals surface area (Å²) in [7, 11) is 0. The maximum absolute atomic E-state index is 14.3. The van der Waals surface area contributed by atoms with Crippen LogP contribution in [0.4, 0.5) is 8.78 Å². The van der Waals surface area contributed by atoms with Crippen LogP contribution in [0, 0.1) is 29.6 Å². The Balaban J connectivity index is 1.48. The Kier molecular flexibility index (Phi) is 7.76. The molecule has 3 fully saturated rings. The summed E-state index contributed by atoms with van der Waals surface area (Å²) in [4.78, 5) is 0. The highest BCUT2D eigenvalue weighted by molar-refractivity contribution is 4.98. The second-order valence-corrected chi connectivity index (χ2v) is 9.52. The van der Waals surface area contributed by atoms with Crippen molar-refractivity contribution < 1.29 is 13.5 Å². The van der Waals surface area contributed by atoms with Crippen molar-refractivity contribution in [1.29, 1.82) is 0 Å². The second kappa shape index (κ2) is 9.85. The van der Waals surface area contributed by atoms with E-state index in [4.69, 9.17) is 4.74 Å². The molecule has 156 valence electrons. The maximum atomic E-state index is 14.3. The van der Waals surface area contributed by atoms with Gasteiger partial charge in [0.1, 0.15) is 0 Å². The summed E-state index contributed by atoms with van der Waals surface area (Å²) in [5.41, 5.74) is 0. The van der Waals surface area contributed by atoms with Gasteiger partial charge >= 0.3 is 6.11 Å². The third-order valence-electron chi connectivity index (χ3n) is 7.73. The van der Waals surface area contributed by atoms with Gasteiger partial charge in [-0.1, -0.05) is 64.0 Å². The third-order valence-corrected chi connectivity index (χ3v) is 7.73. The SMILES string of the molecule is CC=CCCC1CCC([C@H]2[C@H](C3CCC(CCCC)CC3)OC2(F)F)CC1. The fraction of sp³-hybridized carbons (Fsp3) is 0.917. The summed E-state index contributed by atoms with van der Waals surface area (Å²) < 4.78 is 33.9. The van der Waals surface area contributed by atoms with Crippen molar-refractivity contribution in [2.75, 3.05) is 0 Å². The number of unbranched alkanes of at least 4 members (excludes halogenated alkanes) is 1. The molecule has 0 radical (unpaired) electrons. The van der Waals surface area contributed by atoms with Crippen molar-refractivity contribution >= 4 is 0 Å². The Morgan fingerprint density at radius 1 is 0.889 bits per heavy atom. The van der Waals surface area contributed by atoms with Crippen LogP contribution in [0.25, 0.3) is 0 Å². The highest BCUT2D eigenvalue weighted by Crippen LogP contribution is 2.55. The highest BCUT2D eigenvalue weighted by Gasteiger charge is 2.62. The summed E-state index contributed by atoms with van der Waals surface area (Å²) in [5, 5.41) is 0. The molecule has 0 spiro atoms. The highest BCUT2D eigenvalue weighted by atomic mass is 19.3. The smallest absolute Gasteiger partial charge is 0.316 e. The van der Waals surface area contributed by atoms with E-state index in [0.717, 1.165) is 56.8 Å². The van der Waals surface area contributed by atoms with Crippen molar-refractivity contribution in [2.45, 2.75) is 110 Å². The summed E-state index contributed by atoms with van der Waals surface area (Å²) in [5.74, 6) is 1.60. The van der Waals surface area contributed by atoms with Gasteiger partial charge in [-0.15, -0.1) is 0 Å². The van der Waals surface area contributed by atoms with E-state index >= 15 is 0 Å². The summed E-state index contributed by atoms with van der Waals surface area (Å²) in [6.07, 6.45) is 16.4. The van der Waals surface area contributed by atoms with E-state index in [9.17, 15) is 8.78 Å². The minimum absolute atomic E-state index is 0.170. The minimum Gasteiger partial charge on any atom is -0.316 e. The molecule has 2 aliphatic carbocycles. The lowest BCUT2D eigenvalue weighted by molar-refractivity contribution is -0.418. The Hall–Kier alpha value is -0.440. The molecule has 3 aliphatic rings. The molecular weight excluding hydrogens is 342 g/mol. The van der Waals surface area contributed by atoms with E-state index in [1.807, 2.05) is 0 Å². The van der Waals surface area contributed by atoms with Crippen LogP contribution in [-0.4, -0.2) is 12.2 Å². The molecule has 2 saturated carbocycles. The molecule has 0 N–H and O–H groups in total. The molecule has 3 rings (SSSR count). The fourth-order valence-electron chi connectivity index (χ4n) is 6.02. The molecule has 0 aromatic rings. The third kappa shape index (κ3) is 5.34. The van der Waals surface area contributed by atoms with E-state index in [0.29, 0.717) is 5.92 Å². The minimum atomic E-state index is -2.87. The van der Waals surface area contributed by atoms with Crippen molar-refractivity contribution in [3.8, 4) is 0 Å². The first-order chi connectivity index (χ1) is 13.0. The van der Waals surface area contributed by atoms with E-state index in [1.165, 1.54) is 38.5 Å². The van der Waals surface area contributed by atoms with Crippen LogP contribution in [-0.2, 0) is 4.74 Å². The van der Waals surface area contributed by atoms with Crippen LogP contribution in [0.1, 0.15) is 97.3 Å². The lowest BCUT2D eigenvalue weighted by atomic mass is 9.65. The molecule has 0 aromatic carbocycles. The van der Waals surface area contributed by atoms with Gasteiger partial charge < -0.3 is 4.74 Å². The van der Waals surface area contributed by atoms with Crippen molar-refractivity contribution in [3.63, 3.8) is 0 Å². The normalized spacial score (nSPS) is 39.4. The van der Waals surface area contributed by atoms with Crippen LogP contribution in [0.5, 0.6) is 0 Å². The number of ether oxygens (including phenoxy) is 1. The van der Waals surface area contributed by atoms with Crippen LogP contribution < -0.4 is 0 Å². The number of rotatable bonds is 8. The monoisotopic (exact) mass is 382 g/mol. The second-order valence-electron chi connectivity index (χ2n) is 9.52. The van der Waals surface area contributed by atoms with Gasteiger partial charge in [0.25, 0.3) is 0 Å². The standard InChI is InChI=1S/C24H40F2O/c1-3-5-7-9-19-10-14-20(15-11-19)22-23(27-24(22,25)26)21-16-12-18(13-17-21)8-6-4-2/h3,5,18-23H,4,6-17H2,1-2H3/t18?,19?,20?,21?,22-,23-/m0/s1. The zero-order chi connectivity index (χ0) is 19.3. The molecule has 0 amide bonds. The lowest BCUT2D eigenvalue weighted by Crippen LogP contribution is -2.61. The molecule has 0 bridgehead atoms. The van der Waals surface area contributed by atoms with Crippen molar-refractivity contribution in [3.05, 3.63) is 12.2 Å². The number of hydrogen-bond donors (Lipinski definition) is 0. The van der Waals surface area contributed by atoms with Gasteiger partial charge in [0.05, 0.1) is 12.0 Å². The van der Waals surface area contributed by atoms with Crippen molar-refractivity contribution in [2.24, 2.45) is 29.6 Å². The quantitative estimate of drug-likeness (QED) is 0.390. The summed E-state index contributed by atoms with van der Waals surface area (Å²) >= 11 is 0. The fourth-order valence-corrected chi connectivity index (χ4v) is 6.02. The average molecular weight is 383 g/mol. The molecule has 3 heteroatoms. The molecule has 0 aromatic heterocycles. The Labute approximate surface area is 165 Å². The van der Waals surface area contributed by atoms with Gasteiger partial charge in [-0.05, 0) is 69.1 Å². The van der Waals surface area contributed by atoms with Crippen LogP contribution in [0.3, 0.4) is 0 Å². The zero-order valence-electron chi connectivity index (χ0n) is 17.5. The van der Waals surface area contributed by atoms with Gasteiger partial charge in [0, 0.05) is 0 Å². The van der Waals surface area contributed by atoms with Crippen LogP contribution >= 0.6 is 0 Å². The van der Waals surface area contributed by atoms with Gasteiger partial charge in [0.15, 0.2) is 0 Å².